The van der Waals surface area contributed by atoms with Crippen molar-refractivity contribution in [2.45, 2.75) is 23.6 Å². The number of nitrogens with zero attached hydrogens (tertiary/aromatic N) is 3. The van der Waals surface area contributed by atoms with Crippen LogP contribution < -0.4 is 5.32 Å². The van der Waals surface area contributed by atoms with E-state index in [1.165, 1.54) is 6.92 Å². The summed E-state index contributed by atoms with van der Waals surface area (Å²) in [4.78, 5) is 16.9. The van der Waals surface area contributed by atoms with Crippen LogP contribution in [0.25, 0.3) is 0 Å². The first-order valence-electron chi connectivity index (χ1n) is 8.61. The van der Waals surface area contributed by atoms with Crippen molar-refractivity contribution in [1.29, 1.82) is 5.26 Å². The Bertz CT molecular complexity index is 929. The number of benzene rings is 2. The molecule has 0 radical (unpaired) electrons. The van der Waals surface area contributed by atoms with Crippen LogP contribution in [0.1, 0.15) is 29.0 Å². The van der Waals surface area contributed by atoms with Gasteiger partial charge in [0, 0.05) is 31.1 Å². The van der Waals surface area contributed by atoms with E-state index < -0.39 is 0 Å². The van der Waals surface area contributed by atoms with E-state index in [-0.39, 0.29) is 11.2 Å². The largest absolute Gasteiger partial charge is 0.355 e. The van der Waals surface area contributed by atoms with E-state index in [1.54, 1.807) is 18.1 Å². The van der Waals surface area contributed by atoms with Gasteiger partial charge in [-0.15, -0.1) is 11.8 Å². The molecule has 0 fully saturated rings. The van der Waals surface area contributed by atoms with Gasteiger partial charge in [0.25, 0.3) is 0 Å². The smallest absolute Gasteiger partial charge is 0.216 e. The number of rotatable bonds is 7. The van der Waals surface area contributed by atoms with Crippen LogP contribution in [0.3, 0.4) is 0 Å². The van der Waals surface area contributed by atoms with E-state index in [0.29, 0.717) is 18.7 Å². The number of nitriles is 1. The minimum atomic E-state index is -0.0492. The molecule has 6 heteroatoms. The summed E-state index contributed by atoms with van der Waals surface area (Å²) in [6.07, 6.45) is 3.66. The number of thioether (sulfide) groups is 1. The molecule has 0 aliphatic heterocycles. The first kappa shape index (κ1) is 18.7. The molecule has 27 heavy (non-hydrogen) atoms. The monoisotopic (exact) mass is 376 g/mol. The maximum absolute atomic E-state index is 11.4. The van der Waals surface area contributed by atoms with Crippen molar-refractivity contribution in [2.75, 3.05) is 6.54 Å². The van der Waals surface area contributed by atoms with Gasteiger partial charge in [0.05, 0.1) is 28.9 Å². The number of imidazole rings is 1. The van der Waals surface area contributed by atoms with Crippen molar-refractivity contribution in [2.24, 2.45) is 0 Å². The SMILES string of the molecule is CC(=O)NCC(Sc1ccccc1)c1cncn1Cc1ccc(C#N)cc1. The van der Waals surface area contributed by atoms with Crippen LogP contribution in [0.4, 0.5) is 0 Å². The highest BCUT2D eigenvalue weighted by atomic mass is 32.2. The number of nitrogens with one attached hydrogen (secondary N) is 1. The van der Waals surface area contributed by atoms with Crippen LogP contribution in [0.2, 0.25) is 0 Å². The Morgan fingerprint density at radius 3 is 2.63 bits per heavy atom. The lowest BCUT2D eigenvalue weighted by atomic mass is 10.1. The summed E-state index contributed by atoms with van der Waals surface area (Å²) in [5.74, 6) is -0.0492. The summed E-state index contributed by atoms with van der Waals surface area (Å²) in [5, 5.41) is 11.9. The van der Waals surface area contributed by atoms with Gasteiger partial charge in [-0.25, -0.2) is 4.98 Å². The Kier molecular flexibility index (Phi) is 6.29. The number of carbonyl (C=O) groups is 1. The van der Waals surface area contributed by atoms with E-state index in [0.717, 1.165) is 16.2 Å². The summed E-state index contributed by atoms with van der Waals surface area (Å²) >= 11 is 1.70. The van der Waals surface area contributed by atoms with Crippen LogP contribution in [-0.2, 0) is 11.3 Å². The van der Waals surface area contributed by atoms with Crippen molar-refractivity contribution in [3.05, 3.63) is 83.9 Å². The highest BCUT2D eigenvalue weighted by molar-refractivity contribution is 7.99. The van der Waals surface area contributed by atoms with Gasteiger partial charge in [-0.3, -0.25) is 4.79 Å². The van der Waals surface area contributed by atoms with Crippen LogP contribution in [-0.4, -0.2) is 22.0 Å². The average Bonchev–Trinajstić information content (AvgIpc) is 3.14. The number of aromatic nitrogens is 2. The third-order valence-corrected chi connectivity index (χ3v) is 5.31. The summed E-state index contributed by atoms with van der Waals surface area (Å²) in [7, 11) is 0. The molecule has 0 aliphatic carbocycles. The molecule has 1 atom stereocenters. The fourth-order valence-electron chi connectivity index (χ4n) is 2.72. The lowest BCUT2D eigenvalue weighted by Crippen LogP contribution is -2.25. The molecule has 1 N–H and O–H groups in total. The molecular formula is C21H20N4OS. The third kappa shape index (κ3) is 5.22. The Labute approximate surface area is 163 Å². The zero-order valence-electron chi connectivity index (χ0n) is 15.0. The highest BCUT2D eigenvalue weighted by Crippen LogP contribution is 2.34. The van der Waals surface area contributed by atoms with Crippen molar-refractivity contribution < 1.29 is 4.79 Å². The molecule has 3 aromatic rings. The number of carbonyl (C=O) groups excluding carboxylic acids is 1. The minimum absolute atomic E-state index is 0.0391. The zero-order chi connectivity index (χ0) is 19.1. The summed E-state index contributed by atoms with van der Waals surface area (Å²) in [5.41, 5.74) is 2.78. The van der Waals surface area contributed by atoms with E-state index in [9.17, 15) is 4.79 Å². The second-order valence-electron chi connectivity index (χ2n) is 6.11. The number of hydrogen-bond acceptors (Lipinski definition) is 4. The molecule has 1 heterocycles. The standard InChI is InChI=1S/C21H20N4OS/c1-16(26)24-13-21(27-19-5-3-2-4-6-19)20-12-23-15-25(20)14-18-9-7-17(11-22)8-10-18/h2-10,12,15,21H,13-14H2,1H3,(H,24,26). The summed E-state index contributed by atoms with van der Waals surface area (Å²) < 4.78 is 2.09. The molecule has 1 amide bonds. The topological polar surface area (TPSA) is 70.7 Å². The lowest BCUT2D eigenvalue weighted by molar-refractivity contribution is -0.118. The van der Waals surface area contributed by atoms with Crippen LogP contribution in [0, 0.1) is 11.3 Å². The molecule has 5 nitrogen and oxygen atoms in total. The Balaban J connectivity index is 1.82. The first-order chi connectivity index (χ1) is 13.2. The fraction of sp³-hybridized carbons (Fsp3) is 0.190. The van der Waals surface area contributed by atoms with Gasteiger partial charge >= 0.3 is 0 Å². The third-order valence-electron chi connectivity index (χ3n) is 4.07. The second kappa shape index (κ2) is 9.06. The van der Waals surface area contributed by atoms with Gasteiger partial charge in [0.15, 0.2) is 0 Å². The Morgan fingerprint density at radius 2 is 1.96 bits per heavy atom. The van der Waals surface area contributed by atoms with Crippen LogP contribution in [0.5, 0.6) is 0 Å². The predicted molar refractivity (Wildman–Crippen MR) is 106 cm³/mol. The maximum Gasteiger partial charge on any atom is 0.216 e. The van der Waals surface area contributed by atoms with Gasteiger partial charge in [-0.2, -0.15) is 5.26 Å². The van der Waals surface area contributed by atoms with E-state index in [2.05, 4.69) is 33.1 Å². The van der Waals surface area contributed by atoms with Crippen LogP contribution >= 0.6 is 11.8 Å². The van der Waals surface area contributed by atoms with Gasteiger partial charge in [-0.05, 0) is 29.8 Å². The summed E-state index contributed by atoms with van der Waals surface area (Å²) in [6.45, 7) is 2.71. The molecule has 0 saturated heterocycles. The second-order valence-corrected chi connectivity index (χ2v) is 7.39. The number of hydrogen-bond donors (Lipinski definition) is 1. The molecular weight excluding hydrogens is 356 g/mol. The molecule has 1 unspecified atom stereocenters. The number of amides is 1. The average molecular weight is 376 g/mol. The minimum Gasteiger partial charge on any atom is -0.355 e. The van der Waals surface area contributed by atoms with Crippen molar-refractivity contribution >= 4 is 17.7 Å². The molecule has 0 aliphatic rings. The van der Waals surface area contributed by atoms with Gasteiger partial charge in [0.1, 0.15) is 0 Å². The molecule has 0 spiro atoms. The van der Waals surface area contributed by atoms with E-state index in [1.807, 2.05) is 48.7 Å². The van der Waals surface area contributed by atoms with Crippen molar-refractivity contribution in [1.82, 2.24) is 14.9 Å². The molecule has 2 aromatic carbocycles. The first-order valence-corrected chi connectivity index (χ1v) is 9.49. The quantitative estimate of drug-likeness (QED) is 0.637. The van der Waals surface area contributed by atoms with Crippen LogP contribution in [0.15, 0.2) is 72.0 Å². The zero-order valence-corrected chi connectivity index (χ0v) is 15.8. The normalized spacial score (nSPS) is 11.6. The predicted octanol–water partition coefficient (Wildman–Crippen LogP) is 3.77. The van der Waals surface area contributed by atoms with Crippen molar-refractivity contribution in [3.63, 3.8) is 0 Å². The fourth-order valence-corrected chi connectivity index (χ4v) is 3.85. The van der Waals surface area contributed by atoms with Crippen molar-refractivity contribution in [3.8, 4) is 6.07 Å². The van der Waals surface area contributed by atoms with E-state index >= 15 is 0 Å². The lowest BCUT2D eigenvalue weighted by Gasteiger charge is -2.19. The van der Waals surface area contributed by atoms with E-state index in [4.69, 9.17) is 5.26 Å². The molecule has 136 valence electrons. The highest BCUT2D eigenvalue weighted by Gasteiger charge is 2.18. The van der Waals surface area contributed by atoms with Gasteiger partial charge in [0.2, 0.25) is 5.91 Å². The van der Waals surface area contributed by atoms with Gasteiger partial charge in [-0.1, -0.05) is 30.3 Å². The molecule has 0 bridgehead atoms. The maximum atomic E-state index is 11.4. The molecule has 1 aromatic heterocycles. The van der Waals surface area contributed by atoms with Gasteiger partial charge < -0.3 is 9.88 Å². The summed E-state index contributed by atoms with van der Waals surface area (Å²) in [6, 6.07) is 19.8. The molecule has 3 rings (SSSR count). The Hall–Kier alpha value is -3.04. The molecule has 0 saturated carbocycles. The Morgan fingerprint density at radius 1 is 1.22 bits per heavy atom.